The monoisotopic (exact) mass is 261 g/mol. The Balaban J connectivity index is 4.63. The first-order valence-corrected chi connectivity index (χ1v) is 5.02. The van der Waals surface area contributed by atoms with Crippen LogP contribution >= 0.6 is 0 Å². The van der Waals surface area contributed by atoms with Gasteiger partial charge >= 0.3 is 11.9 Å². The van der Waals surface area contributed by atoms with Gasteiger partial charge in [-0.15, -0.1) is 0 Å². The first-order valence-electron chi connectivity index (χ1n) is 5.02. The average Bonchev–Trinajstić information content (AvgIpc) is 2.26. The van der Waals surface area contributed by atoms with Crippen molar-refractivity contribution in [3.63, 3.8) is 0 Å². The van der Waals surface area contributed by atoms with E-state index in [1.807, 2.05) is 0 Å². The number of nitrogens with one attached hydrogen (secondary N) is 2. The van der Waals surface area contributed by atoms with Crippen LogP contribution in [0.3, 0.4) is 0 Å². The highest BCUT2D eigenvalue weighted by Crippen LogP contribution is 1.95. The highest BCUT2D eigenvalue weighted by Gasteiger charge is 2.25. The van der Waals surface area contributed by atoms with Crippen molar-refractivity contribution in [2.24, 2.45) is 5.73 Å². The summed E-state index contributed by atoms with van der Waals surface area (Å²) in [5, 5.41) is 21.3. The van der Waals surface area contributed by atoms with Gasteiger partial charge in [0.05, 0.1) is 13.0 Å². The molecule has 9 nitrogen and oxygen atoms in total. The van der Waals surface area contributed by atoms with Gasteiger partial charge in [0.1, 0.15) is 12.1 Å². The lowest BCUT2D eigenvalue weighted by atomic mass is 10.1. The Labute approximate surface area is 102 Å². The van der Waals surface area contributed by atoms with Gasteiger partial charge in [0.2, 0.25) is 11.8 Å². The fraction of sp³-hybridized carbons (Fsp3) is 0.556. The minimum atomic E-state index is -1.36. The van der Waals surface area contributed by atoms with Crippen molar-refractivity contribution in [3.8, 4) is 0 Å². The van der Waals surface area contributed by atoms with E-state index < -0.39 is 48.8 Å². The summed E-state index contributed by atoms with van der Waals surface area (Å²) in [6.07, 6.45) is -0.663. The minimum Gasteiger partial charge on any atom is -0.481 e. The van der Waals surface area contributed by atoms with Crippen molar-refractivity contribution >= 4 is 23.8 Å². The number of carbonyl (C=O) groups is 4. The predicted molar refractivity (Wildman–Crippen MR) is 58.5 cm³/mol. The lowest BCUT2D eigenvalue weighted by molar-refractivity contribution is -0.143. The Morgan fingerprint density at radius 3 is 2.11 bits per heavy atom. The molecule has 18 heavy (non-hydrogen) atoms. The van der Waals surface area contributed by atoms with E-state index in [-0.39, 0.29) is 0 Å². The van der Waals surface area contributed by atoms with Crippen LogP contribution in [0, 0.1) is 0 Å². The zero-order valence-electron chi connectivity index (χ0n) is 9.67. The highest BCUT2D eigenvalue weighted by molar-refractivity contribution is 5.93. The van der Waals surface area contributed by atoms with Crippen molar-refractivity contribution in [1.29, 1.82) is 0 Å². The lowest BCUT2D eigenvalue weighted by Crippen LogP contribution is -2.52. The van der Waals surface area contributed by atoms with E-state index in [0.29, 0.717) is 0 Å². The van der Waals surface area contributed by atoms with Gasteiger partial charge < -0.3 is 26.6 Å². The Kier molecular flexibility index (Phi) is 6.35. The molecule has 0 aliphatic carbocycles. The number of rotatable bonds is 7. The van der Waals surface area contributed by atoms with E-state index in [4.69, 9.17) is 15.9 Å². The Hall–Kier alpha value is -2.16. The van der Waals surface area contributed by atoms with E-state index in [2.05, 4.69) is 10.6 Å². The van der Waals surface area contributed by atoms with E-state index in [9.17, 15) is 19.2 Å². The molecule has 0 bridgehead atoms. The third kappa shape index (κ3) is 5.80. The quantitative estimate of drug-likeness (QED) is 0.338. The molecule has 0 saturated carbocycles. The zero-order chi connectivity index (χ0) is 14.3. The van der Waals surface area contributed by atoms with Crippen molar-refractivity contribution in [3.05, 3.63) is 0 Å². The normalized spacial score (nSPS) is 13.2. The second-order valence-electron chi connectivity index (χ2n) is 3.49. The molecule has 102 valence electrons. The van der Waals surface area contributed by atoms with E-state index in [0.717, 1.165) is 0 Å². The number of carboxylic acids is 2. The Morgan fingerprint density at radius 2 is 1.72 bits per heavy atom. The van der Waals surface area contributed by atoms with Gasteiger partial charge in [-0.3, -0.25) is 19.2 Å². The summed E-state index contributed by atoms with van der Waals surface area (Å²) in [6.45, 7) is 0.806. The molecular formula is C9H15N3O6. The molecule has 0 aliphatic rings. The first-order chi connectivity index (χ1) is 8.27. The van der Waals surface area contributed by atoms with Crippen molar-refractivity contribution in [2.45, 2.75) is 25.4 Å². The second-order valence-corrected chi connectivity index (χ2v) is 3.49. The number of carboxylic acid groups (broad SMARTS) is 2. The number of nitrogens with two attached hydrogens (primary N) is 1. The largest absolute Gasteiger partial charge is 0.481 e. The fourth-order valence-electron chi connectivity index (χ4n) is 1.01. The van der Waals surface area contributed by atoms with Crippen LogP contribution in [-0.4, -0.2) is 52.6 Å². The van der Waals surface area contributed by atoms with Crippen molar-refractivity contribution < 1.29 is 29.4 Å². The summed E-state index contributed by atoms with van der Waals surface area (Å²) in [5.41, 5.74) is 5.02. The molecule has 9 heteroatoms. The van der Waals surface area contributed by atoms with Crippen LogP contribution in [0.15, 0.2) is 0 Å². The minimum absolute atomic E-state index is 0.405. The van der Waals surface area contributed by atoms with Crippen LogP contribution in [-0.2, 0) is 19.2 Å². The molecule has 0 rings (SSSR count). The summed E-state index contributed by atoms with van der Waals surface area (Å²) in [4.78, 5) is 43.6. The fourth-order valence-corrected chi connectivity index (χ4v) is 1.01. The smallest absolute Gasteiger partial charge is 0.325 e. The molecule has 2 amide bonds. The topological polar surface area (TPSA) is 159 Å². The van der Waals surface area contributed by atoms with Crippen LogP contribution in [0.25, 0.3) is 0 Å². The second kappa shape index (κ2) is 7.22. The summed E-state index contributed by atoms with van der Waals surface area (Å²) >= 11 is 0. The number of amides is 2. The molecule has 0 aromatic carbocycles. The van der Waals surface area contributed by atoms with E-state index in [1.165, 1.54) is 6.92 Å². The molecule has 0 heterocycles. The van der Waals surface area contributed by atoms with Gasteiger partial charge in [-0.1, -0.05) is 0 Å². The summed E-state index contributed by atoms with van der Waals surface area (Å²) in [5.74, 6) is -4.19. The molecule has 0 unspecified atom stereocenters. The molecule has 0 aromatic rings. The third-order valence-corrected chi connectivity index (χ3v) is 1.95. The van der Waals surface area contributed by atoms with Crippen molar-refractivity contribution in [2.75, 3.05) is 6.54 Å². The SMILES string of the molecule is C[C@H](NC(=O)[C@H](CC(=O)O)NC(=O)CN)C(=O)O. The predicted octanol–water partition coefficient (Wildman–Crippen LogP) is -2.51. The third-order valence-electron chi connectivity index (χ3n) is 1.95. The van der Waals surface area contributed by atoms with E-state index in [1.54, 1.807) is 0 Å². The number of carbonyl (C=O) groups excluding carboxylic acids is 2. The van der Waals surface area contributed by atoms with Crippen LogP contribution in [0.5, 0.6) is 0 Å². The van der Waals surface area contributed by atoms with Gasteiger partial charge in [0.25, 0.3) is 0 Å². The summed E-state index contributed by atoms with van der Waals surface area (Å²) < 4.78 is 0. The molecule has 2 atom stereocenters. The molecule has 0 saturated heterocycles. The standard InChI is InChI=1S/C9H15N3O6/c1-4(9(17)18)11-8(16)5(2-7(14)15)12-6(13)3-10/h4-5H,2-3,10H2,1H3,(H,11,16)(H,12,13)(H,14,15)(H,17,18)/t4-,5-/m0/s1. The molecule has 0 fully saturated rings. The molecular weight excluding hydrogens is 246 g/mol. The van der Waals surface area contributed by atoms with Gasteiger partial charge in [-0.05, 0) is 6.92 Å². The Bertz CT molecular complexity index is 356. The van der Waals surface area contributed by atoms with Crippen LogP contribution < -0.4 is 16.4 Å². The van der Waals surface area contributed by atoms with Gasteiger partial charge in [0, 0.05) is 0 Å². The maximum Gasteiger partial charge on any atom is 0.325 e. The van der Waals surface area contributed by atoms with Crippen LogP contribution in [0.2, 0.25) is 0 Å². The van der Waals surface area contributed by atoms with Crippen LogP contribution in [0.1, 0.15) is 13.3 Å². The molecule has 0 aliphatic heterocycles. The summed E-state index contributed by atoms with van der Waals surface area (Å²) in [6, 6.07) is -2.55. The Morgan fingerprint density at radius 1 is 1.17 bits per heavy atom. The molecule has 0 spiro atoms. The van der Waals surface area contributed by atoms with Gasteiger partial charge in [-0.2, -0.15) is 0 Å². The number of hydrogen-bond donors (Lipinski definition) is 5. The lowest BCUT2D eigenvalue weighted by Gasteiger charge is -2.18. The van der Waals surface area contributed by atoms with Crippen LogP contribution in [0.4, 0.5) is 0 Å². The first kappa shape index (κ1) is 15.8. The van der Waals surface area contributed by atoms with Crippen molar-refractivity contribution in [1.82, 2.24) is 10.6 Å². The zero-order valence-corrected chi connectivity index (χ0v) is 9.67. The summed E-state index contributed by atoms with van der Waals surface area (Å²) in [7, 11) is 0. The van der Waals surface area contributed by atoms with Gasteiger partial charge in [0.15, 0.2) is 0 Å². The average molecular weight is 261 g/mol. The van der Waals surface area contributed by atoms with E-state index >= 15 is 0 Å². The number of aliphatic carboxylic acids is 2. The molecule has 0 aromatic heterocycles. The maximum absolute atomic E-state index is 11.6. The highest BCUT2D eigenvalue weighted by atomic mass is 16.4. The van der Waals surface area contributed by atoms with Gasteiger partial charge in [-0.25, -0.2) is 0 Å². The molecule has 0 radical (unpaired) electrons. The number of hydrogen-bond acceptors (Lipinski definition) is 5. The maximum atomic E-state index is 11.6. The molecule has 6 N–H and O–H groups in total.